The molecule has 0 aliphatic rings. The molecule has 0 aliphatic heterocycles. The normalized spacial score (nSPS) is 10.2. The van der Waals surface area contributed by atoms with Gasteiger partial charge >= 0.3 is 0 Å². The van der Waals surface area contributed by atoms with Crippen LogP contribution in [0.2, 0.25) is 5.15 Å². The van der Waals surface area contributed by atoms with Gasteiger partial charge in [-0.3, -0.25) is 0 Å². The van der Waals surface area contributed by atoms with Gasteiger partial charge in [0, 0.05) is 5.56 Å². The fourth-order valence-corrected chi connectivity index (χ4v) is 1.43. The zero-order chi connectivity index (χ0) is 10.8. The Balaban J connectivity index is 2.50. The van der Waals surface area contributed by atoms with Crippen LogP contribution in [0.4, 0.5) is 5.69 Å². The van der Waals surface area contributed by atoms with Crippen LogP contribution in [-0.2, 0) is 0 Å². The van der Waals surface area contributed by atoms with E-state index in [1.165, 1.54) is 0 Å². The molecule has 0 radical (unpaired) electrons. The lowest BCUT2D eigenvalue weighted by Crippen LogP contribution is -1.90. The second-order valence-corrected chi connectivity index (χ2v) is 3.48. The summed E-state index contributed by atoms with van der Waals surface area (Å²) < 4.78 is 0. The second-order valence-electron chi connectivity index (χ2n) is 3.13. The lowest BCUT2D eigenvalue weighted by molar-refractivity contribution is 0.475. The summed E-state index contributed by atoms with van der Waals surface area (Å²) >= 11 is 5.80. The van der Waals surface area contributed by atoms with Gasteiger partial charge in [0.05, 0.1) is 11.4 Å². The first kappa shape index (κ1) is 9.80. The highest BCUT2D eigenvalue weighted by molar-refractivity contribution is 6.31. The summed E-state index contributed by atoms with van der Waals surface area (Å²) in [5.41, 5.74) is 7.49. The summed E-state index contributed by atoms with van der Waals surface area (Å²) in [5.74, 6) is 0.197. The van der Waals surface area contributed by atoms with Crippen LogP contribution in [0.15, 0.2) is 36.4 Å². The fraction of sp³-hybridized carbons (Fsp3) is 0. The number of halogens is 1. The Morgan fingerprint density at radius 3 is 2.67 bits per heavy atom. The smallest absolute Gasteiger partial charge is 0.152 e. The van der Waals surface area contributed by atoms with Crippen molar-refractivity contribution in [3.05, 3.63) is 41.6 Å². The summed E-state index contributed by atoms with van der Waals surface area (Å²) in [4.78, 5) is 4.11. The van der Waals surface area contributed by atoms with Crippen molar-refractivity contribution in [1.29, 1.82) is 0 Å². The van der Waals surface area contributed by atoms with E-state index < -0.39 is 0 Å². The third-order valence-electron chi connectivity index (χ3n) is 2.02. The van der Waals surface area contributed by atoms with Gasteiger partial charge in [-0.1, -0.05) is 23.7 Å². The zero-order valence-corrected chi connectivity index (χ0v) is 8.57. The molecule has 1 aromatic heterocycles. The maximum atomic E-state index is 9.31. The molecule has 2 aromatic rings. The Hall–Kier alpha value is -1.74. The molecule has 0 unspecified atom stereocenters. The van der Waals surface area contributed by atoms with E-state index >= 15 is 0 Å². The van der Waals surface area contributed by atoms with Crippen LogP contribution in [0.5, 0.6) is 5.75 Å². The summed E-state index contributed by atoms with van der Waals surface area (Å²) in [5, 5.41) is 9.59. The number of pyridine rings is 1. The van der Waals surface area contributed by atoms with E-state index in [-0.39, 0.29) is 10.9 Å². The van der Waals surface area contributed by atoms with Gasteiger partial charge in [0.25, 0.3) is 0 Å². The van der Waals surface area contributed by atoms with Crippen molar-refractivity contribution < 1.29 is 5.11 Å². The lowest BCUT2D eigenvalue weighted by atomic mass is 10.1. The Kier molecular flexibility index (Phi) is 2.47. The number of phenols is 1. The lowest BCUT2D eigenvalue weighted by Gasteiger charge is -2.03. The molecule has 0 amide bonds. The maximum absolute atomic E-state index is 9.31. The van der Waals surface area contributed by atoms with Gasteiger partial charge in [-0.2, -0.15) is 0 Å². The zero-order valence-electron chi connectivity index (χ0n) is 7.81. The van der Waals surface area contributed by atoms with E-state index in [1.54, 1.807) is 30.3 Å². The number of nitrogens with zero attached hydrogens (tertiary/aromatic N) is 1. The van der Waals surface area contributed by atoms with Crippen LogP contribution < -0.4 is 5.73 Å². The summed E-state index contributed by atoms with van der Waals surface area (Å²) in [6.45, 7) is 0. The van der Waals surface area contributed by atoms with Crippen LogP contribution >= 0.6 is 11.6 Å². The van der Waals surface area contributed by atoms with E-state index in [1.807, 2.05) is 6.07 Å². The molecule has 15 heavy (non-hydrogen) atoms. The minimum absolute atomic E-state index is 0.197. The summed E-state index contributed by atoms with van der Waals surface area (Å²) in [7, 11) is 0. The summed E-state index contributed by atoms with van der Waals surface area (Å²) in [6, 6.07) is 10.3. The number of hydrogen-bond donors (Lipinski definition) is 2. The highest BCUT2D eigenvalue weighted by Gasteiger charge is 2.03. The third kappa shape index (κ3) is 2.02. The number of nitrogens with two attached hydrogens (primary N) is 1. The molecule has 1 heterocycles. The van der Waals surface area contributed by atoms with Gasteiger partial charge in [0.2, 0.25) is 0 Å². The van der Waals surface area contributed by atoms with Crippen molar-refractivity contribution in [2.24, 2.45) is 0 Å². The number of anilines is 1. The van der Waals surface area contributed by atoms with Crippen molar-refractivity contribution in [1.82, 2.24) is 4.98 Å². The van der Waals surface area contributed by atoms with Crippen molar-refractivity contribution in [3.63, 3.8) is 0 Å². The molecule has 0 aliphatic carbocycles. The standard InChI is InChI=1S/C11H9ClN2O/c12-11-9(13)4-5-10(14-11)7-2-1-3-8(15)6-7/h1-6,15H,13H2. The largest absolute Gasteiger partial charge is 0.508 e. The molecule has 1 aromatic carbocycles. The van der Waals surface area contributed by atoms with Gasteiger partial charge in [0.1, 0.15) is 5.75 Å². The Bertz CT molecular complexity index is 500. The average Bonchev–Trinajstić information content (AvgIpc) is 2.22. The van der Waals surface area contributed by atoms with Crippen LogP contribution in [0, 0.1) is 0 Å². The third-order valence-corrected chi connectivity index (χ3v) is 2.32. The molecule has 3 nitrogen and oxygen atoms in total. The molecule has 2 rings (SSSR count). The number of aromatic nitrogens is 1. The Labute approximate surface area is 92.1 Å². The SMILES string of the molecule is Nc1ccc(-c2cccc(O)c2)nc1Cl. The quantitative estimate of drug-likeness (QED) is 0.727. The highest BCUT2D eigenvalue weighted by Crippen LogP contribution is 2.25. The van der Waals surface area contributed by atoms with Gasteiger partial charge in [0.15, 0.2) is 5.15 Å². The van der Waals surface area contributed by atoms with E-state index in [4.69, 9.17) is 17.3 Å². The van der Waals surface area contributed by atoms with Crippen molar-refractivity contribution in [2.45, 2.75) is 0 Å². The molecular weight excluding hydrogens is 212 g/mol. The molecular formula is C11H9ClN2O. The fourth-order valence-electron chi connectivity index (χ4n) is 1.27. The molecule has 0 saturated carbocycles. The van der Waals surface area contributed by atoms with Crippen molar-refractivity contribution in [3.8, 4) is 17.0 Å². The van der Waals surface area contributed by atoms with Crippen LogP contribution in [0.1, 0.15) is 0 Å². The van der Waals surface area contributed by atoms with Gasteiger partial charge in [-0.05, 0) is 24.3 Å². The molecule has 0 atom stereocenters. The van der Waals surface area contributed by atoms with E-state index in [0.29, 0.717) is 11.4 Å². The number of hydrogen-bond acceptors (Lipinski definition) is 3. The number of rotatable bonds is 1. The van der Waals surface area contributed by atoms with Crippen LogP contribution in [0.25, 0.3) is 11.3 Å². The van der Waals surface area contributed by atoms with E-state index in [0.717, 1.165) is 5.56 Å². The van der Waals surface area contributed by atoms with Gasteiger partial charge in [-0.15, -0.1) is 0 Å². The van der Waals surface area contributed by atoms with E-state index in [9.17, 15) is 5.11 Å². The predicted octanol–water partition coefficient (Wildman–Crippen LogP) is 2.69. The molecule has 0 fully saturated rings. The van der Waals surface area contributed by atoms with Gasteiger partial charge < -0.3 is 10.8 Å². The van der Waals surface area contributed by atoms with Crippen molar-refractivity contribution in [2.75, 3.05) is 5.73 Å². The number of benzene rings is 1. The number of aromatic hydroxyl groups is 1. The highest BCUT2D eigenvalue weighted by atomic mass is 35.5. The average molecular weight is 221 g/mol. The minimum atomic E-state index is 0.197. The minimum Gasteiger partial charge on any atom is -0.508 e. The molecule has 0 bridgehead atoms. The Morgan fingerprint density at radius 1 is 1.20 bits per heavy atom. The van der Waals surface area contributed by atoms with Crippen LogP contribution in [-0.4, -0.2) is 10.1 Å². The predicted molar refractivity (Wildman–Crippen MR) is 60.8 cm³/mol. The van der Waals surface area contributed by atoms with Crippen molar-refractivity contribution >= 4 is 17.3 Å². The topological polar surface area (TPSA) is 59.1 Å². The van der Waals surface area contributed by atoms with Gasteiger partial charge in [-0.25, -0.2) is 4.98 Å². The maximum Gasteiger partial charge on any atom is 0.152 e. The summed E-state index contributed by atoms with van der Waals surface area (Å²) in [6.07, 6.45) is 0. The first-order chi connectivity index (χ1) is 7.16. The molecule has 4 heteroatoms. The number of phenolic OH excluding ortho intramolecular Hbond substituents is 1. The first-order valence-electron chi connectivity index (χ1n) is 4.38. The van der Waals surface area contributed by atoms with Crippen LogP contribution in [0.3, 0.4) is 0 Å². The molecule has 0 saturated heterocycles. The molecule has 3 N–H and O–H groups in total. The monoisotopic (exact) mass is 220 g/mol. The number of nitrogen functional groups attached to an aromatic ring is 1. The second kappa shape index (κ2) is 3.79. The first-order valence-corrected chi connectivity index (χ1v) is 4.76. The van der Waals surface area contributed by atoms with E-state index in [2.05, 4.69) is 4.98 Å². The molecule has 0 spiro atoms. The Morgan fingerprint density at radius 2 is 2.00 bits per heavy atom. The molecule has 76 valence electrons.